The fourth-order valence-corrected chi connectivity index (χ4v) is 2.29. The highest BCUT2D eigenvalue weighted by atomic mass is 19.1. The van der Waals surface area contributed by atoms with Gasteiger partial charge in [-0.3, -0.25) is 4.79 Å². The number of nitrogens with zero attached hydrogens (tertiary/aromatic N) is 3. The van der Waals surface area contributed by atoms with Crippen molar-refractivity contribution in [3.05, 3.63) is 77.4 Å². The first-order valence-electron chi connectivity index (χ1n) is 7.74. The van der Waals surface area contributed by atoms with Crippen LogP contribution in [-0.2, 0) is 0 Å². The van der Waals surface area contributed by atoms with Crippen LogP contribution in [0.4, 0.5) is 21.7 Å². The van der Waals surface area contributed by atoms with Crippen LogP contribution in [0.5, 0.6) is 0 Å². The van der Waals surface area contributed by atoms with Gasteiger partial charge in [-0.25, -0.2) is 14.4 Å². The van der Waals surface area contributed by atoms with Gasteiger partial charge < -0.3 is 10.6 Å². The Morgan fingerprint density at radius 1 is 1.12 bits per heavy atom. The number of para-hydroxylation sites is 1. The number of nitrogens with one attached hydrogen (secondary N) is 2. The van der Waals surface area contributed by atoms with E-state index in [0.29, 0.717) is 16.9 Å². The summed E-state index contributed by atoms with van der Waals surface area (Å²) in [6.07, 6.45) is 0. The van der Waals surface area contributed by atoms with Crippen molar-refractivity contribution in [2.24, 2.45) is 0 Å². The minimum absolute atomic E-state index is 0.0741. The van der Waals surface area contributed by atoms with E-state index in [-0.39, 0.29) is 17.3 Å². The summed E-state index contributed by atoms with van der Waals surface area (Å²) < 4.78 is 13.7. The molecule has 128 valence electrons. The van der Waals surface area contributed by atoms with Gasteiger partial charge in [-0.1, -0.05) is 18.2 Å². The maximum absolute atomic E-state index is 13.7. The Hall–Kier alpha value is -3.79. The topological polar surface area (TPSA) is 90.7 Å². The maximum atomic E-state index is 13.7. The molecule has 0 saturated heterocycles. The fourth-order valence-electron chi connectivity index (χ4n) is 2.29. The third-order valence-corrected chi connectivity index (χ3v) is 3.46. The Labute approximate surface area is 149 Å². The summed E-state index contributed by atoms with van der Waals surface area (Å²) in [5.74, 6) is -0.869. The summed E-state index contributed by atoms with van der Waals surface area (Å²) in [6.45, 7) is 1.72. The summed E-state index contributed by atoms with van der Waals surface area (Å²) in [5, 5.41) is 14.4. The van der Waals surface area contributed by atoms with E-state index >= 15 is 0 Å². The van der Waals surface area contributed by atoms with Crippen LogP contribution in [0.3, 0.4) is 0 Å². The number of halogens is 1. The number of carbonyl (C=O) groups excluding carboxylic acids is 1. The van der Waals surface area contributed by atoms with Crippen LogP contribution in [0, 0.1) is 24.1 Å². The summed E-state index contributed by atoms with van der Waals surface area (Å²) in [5.41, 5.74) is 1.84. The number of amides is 1. The Morgan fingerprint density at radius 3 is 2.69 bits per heavy atom. The average Bonchev–Trinajstić information content (AvgIpc) is 2.63. The third-order valence-electron chi connectivity index (χ3n) is 3.46. The SMILES string of the molecule is Cc1cc(C(=O)Nc2ccccc2F)nc(Nc2cccc(C#N)c2)n1. The van der Waals surface area contributed by atoms with Crippen LogP contribution >= 0.6 is 0 Å². The van der Waals surface area contributed by atoms with Crippen LogP contribution in [-0.4, -0.2) is 15.9 Å². The van der Waals surface area contributed by atoms with Gasteiger partial charge in [0.2, 0.25) is 5.95 Å². The van der Waals surface area contributed by atoms with Crippen LogP contribution in [0.15, 0.2) is 54.6 Å². The van der Waals surface area contributed by atoms with Crippen molar-refractivity contribution in [1.29, 1.82) is 5.26 Å². The normalized spacial score (nSPS) is 10.0. The second kappa shape index (κ2) is 7.40. The van der Waals surface area contributed by atoms with Gasteiger partial charge in [0.05, 0.1) is 17.3 Å². The first-order chi connectivity index (χ1) is 12.5. The molecule has 0 aliphatic carbocycles. The first-order valence-corrected chi connectivity index (χ1v) is 7.74. The molecule has 1 heterocycles. The summed E-state index contributed by atoms with van der Waals surface area (Å²) in [7, 11) is 0. The van der Waals surface area contributed by atoms with E-state index in [1.54, 1.807) is 37.3 Å². The van der Waals surface area contributed by atoms with Crippen molar-refractivity contribution in [3.8, 4) is 6.07 Å². The van der Waals surface area contributed by atoms with Gasteiger partial charge in [0.15, 0.2) is 0 Å². The Kier molecular flexibility index (Phi) is 4.85. The Bertz CT molecular complexity index is 1010. The number of carbonyl (C=O) groups is 1. The lowest BCUT2D eigenvalue weighted by atomic mass is 10.2. The van der Waals surface area contributed by atoms with Crippen molar-refractivity contribution >= 4 is 23.2 Å². The number of nitriles is 1. The molecule has 1 aromatic heterocycles. The highest BCUT2D eigenvalue weighted by Crippen LogP contribution is 2.17. The maximum Gasteiger partial charge on any atom is 0.274 e. The number of rotatable bonds is 4. The molecule has 0 saturated carbocycles. The van der Waals surface area contributed by atoms with Crippen molar-refractivity contribution in [2.45, 2.75) is 6.92 Å². The second-order valence-corrected chi connectivity index (χ2v) is 5.47. The molecule has 0 aliphatic rings. The van der Waals surface area contributed by atoms with Crippen molar-refractivity contribution in [2.75, 3.05) is 10.6 Å². The third kappa shape index (κ3) is 3.99. The zero-order valence-corrected chi connectivity index (χ0v) is 13.8. The first kappa shape index (κ1) is 17.0. The van der Waals surface area contributed by atoms with Crippen molar-refractivity contribution < 1.29 is 9.18 Å². The lowest BCUT2D eigenvalue weighted by Crippen LogP contribution is -2.16. The van der Waals surface area contributed by atoms with Crippen LogP contribution in [0.25, 0.3) is 0 Å². The zero-order valence-electron chi connectivity index (χ0n) is 13.8. The molecule has 0 unspecified atom stereocenters. The summed E-state index contributed by atoms with van der Waals surface area (Å²) in [6, 6.07) is 16.2. The fraction of sp³-hybridized carbons (Fsp3) is 0.0526. The molecule has 0 fully saturated rings. The van der Waals surface area contributed by atoms with Crippen LogP contribution in [0.2, 0.25) is 0 Å². The highest BCUT2D eigenvalue weighted by Gasteiger charge is 2.13. The smallest absolute Gasteiger partial charge is 0.274 e. The summed E-state index contributed by atoms with van der Waals surface area (Å²) in [4.78, 5) is 20.8. The number of hydrogen-bond acceptors (Lipinski definition) is 5. The number of aromatic nitrogens is 2. The molecule has 0 atom stereocenters. The lowest BCUT2D eigenvalue weighted by Gasteiger charge is -2.09. The standard InChI is InChI=1S/C19H14FN5O/c1-12-9-17(18(26)24-16-8-3-2-7-15(16)20)25-19(22-12)23-14-6-4-5-13(10-14)11-21/h2-10H,1H3,(H,24,26)(H,22,23,25). The van der Waals surface area contributed by atoms with Gasteiger partial charge in [0.1, 0.15) is 11.5 Å². The number of aryl methyl sites for hydroxylation is 1. The molecule has 3 rings (SSSR count). The van der Waals surface area contributed by atoms with E-state index in [4.69, 9.17) is 5.26 Å². The molecule has 7 heteroatoms. The highest BCUT2D eigenvalue weighted by molar-refractivity contribution is 6.03. The largest absolute Gasteiger partial charge is 0.324 e. The lowest BCUT2D eigenvalue weighted by molar-refractivity contribution is 0.102. The summed E-state index contributed by atoms with van der Waals surface area (Å²) >= 11 is 0. The van der Waals surface area contributed by atoms with Gasteiger partial charge in [0.25, 0.3) is 5.91 Å². The molecule has 1 amide bonds. The molecule has 6 nitrogen and oxygen atoms in total. The molecule has 3 aromatic rings. The van der Waals surface area contributed by atoms with E-state index in [9.17, 15) is 9.18 Å². The molecular formula is C19H14FN5O. The molecule has 2 aromatic carbocycles. The predicted octanol–water partition coefficient (Wildman–Crippen LogP) is 3.79. The van der Waals surface area contributed by atoms with E-state index in [2.05, 4.69) is 20.6 Å². The van der Waals surface area contributed by atoms with E-state index < -0.39 is 11.7 Å². The van der Waals surface area contributed by atoms with Crippen molar-refractivity contribution in [3.63, 3.8) is 0 Å². The minimum atomic E-state index is -0.547. The monoisotopic (exact) mass is 347 g/mol. The number of anilines is 3. The van der Waals surface area contributed by atoms with Gasteiger partial charge in [0, 0.05) is 11.4 Å². The van der Waals surface area contributed by atoms with Gasteiger partial charge in [-0.15, -0.1) is 0 Å². The predicted molar refractivity (Wildman–Crippen MR) is 95.6 cm³/mol. The Balaban J connectivity index is 1.84. The Morgan fingerprint density at radius 2 is 1.92 bits per heavy atom. The van der Waals surface area contributed by atoms with Crippen LogP contribution in [0.1, 0.15) is 21.7 Å². The average molecular weight is 347 g/mol. The zero-order chi connectivity index (χ0) is 18.5. The van der Waals surface area contributed by atoms with E-state index in [0.717, 1.165) is 0 Å². The van der Waals surface area contributed by atoms with Gasteiger partial charge in [-0.05, 0) is 43.3 Å². The molecule has 0 bridgehead atoms. The van der Waals surface area contributed by atoms with Crippen LogP contribution < -0.4 is 10.6 Å². The van der Waals surface area contributed by atoms with Gasteiger partial charge in [-0.2, -0.15) is 5.26 Å². The molecule has 0 aliphatic heterocycles. The quantitative estimate of drug-likeness (QED) is 0.749. The van der Waals surface area contributed by atoms with Crippen molar-refractivity contribution in [1.82, 2.24) is 9.97 Å². The van der Waals surface area contributed by atoms with E-state index in [1.165, 1.54) is 24.3 Å². The molecule has 26 heavy (non-hydrogen) atoms. The second-order valence-electron chi connectivity index (χ2n) is 5.47. The molecule has 2 N–H and O–H groups in total. The minimum Gasteiger partial charge on any atom is -0.324 e. The van der Waals surface area contributed by atoms with Gasteiger partial charge >= 0.3 is 0 Å². The molecular weight excluding hydrogens is 333 g/mol. The molecule has 0 radical (unpaired) electrons. The number of hydrogen-bond donors (Lipinski definition) is 2. The number of benzene rings is 2. The molecule has 0 spiro atoms. The van der Waals surface area contributed by atoms with E-state index in [1.807, 2.05) is 6.07 Å².